The third kappa shape index (κ3) is 5.40. The van der Waals surface area contributed by atoms with Crippen LogP contribution in [0, 0.1) is 6.92 Å². The molecule has 4 heteroatoms. The molecule has 0 radical (unpaired) electrons. The Hall–Kier alpha value is -2.36. The molecule has 0 spiro atoms. The van der Waals surface area contributed by atoms with Gasteiger partial charge in [-0.1, -0.05) is 43.7 Å². The second-order valence-electron chi connectivity index (χ2n) is 5.72. The molecular formula is C19H25N3O. The van der Waals surface area contributed by atoms with E-state index >= 15 is 0 Å². The van der Waals surface area contributed by atoms with E-state index in [1.807, 2.05) is 41.4 Å². The lowest BCUT2D eigenvalue weighted by molar-refractivity contribution is 0.193. The number of urea groups is 1. The molecule has 1 N–H and O–H groups in total. The highest BCUT2D eigenvalue weighted by atomic mass is 16.2. The molecule has 4 nitrogen and oxygen atoms in total. The maximum Gasteiger partial charge on any atom is 0.317 e. The molecule has 0 saturated heterocycles. The first-order valence-corrected chi connectivity index (χ1v) is 8.17. The molecule has 2 aromatic rings. The van der Waals surface area contributed by atoms with Crippen molar-refractivity contribution in [3.63, 3.8) is 0 Å². The number of aryl methyl sites for hydroxylation is 1. The Labute approximate surface area is 138 Å². The van der Waals surface area contributed by atoms with Gasteiger partial charge >= 0.3 is 6.03 Å². The number of carbonyl (C=O) groups is 1. The van der Waals surface area contributed by atoms with Crippen LogP contribution < -0.4 is 5.32 Å². The second kappa shape index (κ2) is 8.93. The van der Waals surface area contributed by atoms with E-state index in [-0.39, 0.29) is 6.03 Å². The molecule has 1 heterocycles. The van der Waals surface area contributed by atoms with Gasteiger partial charge < -0.3 is 10.2 Å². The Morgan fingerprint density at radius 2 is 2.04 bits per heavy atom. The van der Waals surface area contributed by atoms with Crippen molar-refractivity contribution in [1.82, 2.24) is 15.2 Å². The lowest BCUT2D eigenvalue weighted by Gasteiger charge is -2.23. The van der Waals surface area contributed by atoms with E-state index in [1.165, 1.54) is 5.56 Å². The van der Waals surface area contributed by atoms with Gasteiger partial charge in [0.05, 0.1) is 0 Å². The molecule has 1 aromatic carbocycles. The molecule has 122 valence electrons. The van der Waals surface area contributed by atoms with Crippen LogP contribution in [0.4, 0.5) is 4.79 Å². The van der Waals surface area contributed by atoms with Gasteiger partial charge in [-0.2, -0.15) is 0 Å². The van der Waals surface area contributed by atoms with E-state index in [4.69, 9.17) is 0 Å². The maximum atomic E-state index is 12.5. The minimum absolute atomic E-state index is 0.0226. The molecule has 1 aromatic heterocycles. The number of pyridine rings is 1. The van der Waals surface area contributed by atoms with Gasteiger partial charge in [0.2, 0.25) is 0 Å². The predicted molar refractivity (Wildman–Crippen MR) is 93.0 cm³/mol. The topological polar surface area (TPSA) is 45.2 Å². The quantitative estimate of drug-likeness (QED) is 0.843. The van der Waals surface area contributed by atoms with Gasteiger partial charge in [0.15, 0.2) is 0 Å². The first-order valence-electron chi connectivity index (χ1n) is 8.17. The van der Waals surface area contributed by atoms with Gasteiger partial charge in [0.1, 0.15) is 0 Å². The van der Waals surface area contributed by atoms with E-state index in [1.54, 1.807) is 6.20 Å². The van der Waals surface area contributed by atoms with Crippen molar-refractivity contribution in [2.75, 3.05) is 6.54 Å². The van der Waals surface area contributed by atoms with E-state index in [9.17, 15) is 4.79 Å². The SMILES string of the molecule is CCCCN(Cc1cccnc1)C(=O)NCc1ccccc1C. The molecule has 2 amide bonds. The molecule has 0 saturated carbocycles. The molecule has 23 heavy (non-hydrogen) atoms. The van der Waals surface area contributed by atoms with Crippen molar-refractivity contribution in [2.45, 2.75) is 39.8 Å². The molecule has 0 aliphatic carbocycles. The third-order valence-electron chi connectivity index (χ3n) is 3.86. The average Bonchev–Trinajstić information content (AvgIpc) is 2.58. The molecule has 0 aliphatic heterocycles. The second-order valence-corrected chi connectivity index (χ2v) is 5.72. The van der Waals surface area contributed by atoms with E-state index in [0.717, 1.165) is 30.5 Å². The van der Waals surface area contributed by atoms with Crippen LogP contribution in [-0.2, 0) is 13.1 Å². The third-order valence-corrected chi connectivity index (χ3v) is 3.86. The van der Waals surface area contributed by atoms with Gasteiger partial charge in [-0.05, 0) is 36.1 Å². The van der Waals surface area contributed by atoms with Crippen LogP contribution in [0.3, 0.4) is 0 Å². The monoisotopic (exact) mass is 311 g/mol. The number of unbranched alkanes of at least 4 members (excludes halogenated alkanes) is 1. The summed E-state index contributed by atoms with van der Waals surface area (Å²) < 4.78 is 0. The number of hydrogen-bond donors (Lipinski definition) is 1. The van der Waals surface area contributed by atoms with Gasteiger partial charge in [0.25, 0.3) is 0 Å². The van der Waals surface area contributed by atoms with E-state index < -0.39 is 0 Å². The van der Waals surface area contributed by atoms with Gasteiger partial charge in [-0.25, -0.2) is 4.79 Å². The van der Waals surface area contributed by atoms with Crippen molar-refractivity contribution < 1.29 is 4.79 Å². The van der Waals surface area contributed by atoms with Crippen molar-refractivity contribution in [1.29, 1.82) is 0 Å². The molecular weight excluding hydrogens is 286 g/mol. The number of rotatable bonds is 7. The Kier molecular flexibility index (Phi) is 6.60. The minimum atomic E-state index is -0.0226. The summed E-state index contributed by atoms with van der Waals surface area (Å²) in [5, 5.41) is 3.04. The molecule has 0 unspecified atom stereocenters. The summed E-state index contributed by atoms with van der Waals surface area (Å²) in [4.78, 5) is 18.5. The minimum Gasteiger partial charge on any atom is -0.334 e. The van der Waals surface area contributed by atoms with Crippen LogP contribution in [0.1, 0.15) is 36.5 Å². The molecule has 0 atom stereocenters. The first-order chi connectivity index (χ1) is 11.2. The van der Waals surface area contributed by atoms with Crippen LogP contribution in [0.5, 0.6) is 0 Å². The highest BCUT2D eigenvalue weighted by Crippen LogP contribution is 2.08. The van der Waals surface area contributed by atoms with Crippen LogP contribution in [-0.4, -0.2) is 22.5 Å². The number of amides is 2. The van der Waals surface area contributed by atoms with Crippen molar-refractivity contribution >= 4 is 6.03 Å². The van der Waals surface area contributed by atoms with Crippen LogP contribution in [0.2, 0.25) is 0 Å². The number of benzene rings is 1. The summed E-state index contributed by atoms with van der Waals surface area (Å²) in [6, 6.07) is 12.0. The molecule has 0 fully saturated rings. The Bertz CT molecular complexity index is 613. The maximum absolute atomic E-state index is 12.5. The highest BCUT2D eigenvalue weighted by Gasteiger charge is 2.13. The number of aromatic nitrogens is 1. The zero-order valence-electron chi connectivity index (χ0n) is 14.0. The number of hydrogen-bond acceptors (Lipinski definition) is 2. The van der Waals surface area contributed by atoms with Crippen molar-refractivity contribution in [3.8, 4) is 0 Å². The fourth-order valence-electron chi connectivity index (χ4n) is 2.40. The van der Waals surface area contributed by atoms with Gasteiger partial charge in [-0.15, -0.1) is 0 Å². The van der Waals surface area contributed by atoms with Gasteiger partial charge in [-0.3, -0.25) is 4.98 Å². The number of nitrogens with one attached hydrogen (secondary N) is 1. The summed E-state index contributed by atoms with van der Waals surface area (Å²) in [7, 11) is 0. The normalized spacial score (nSPS) is 10.3. The summed E-state index contributed by atoms with van der Waals surface area (Å²) in [6.07, 6.45) is 5.62. The fourth-order valence-corrected chi connectivity index (χ4v) is 2.40. The Morgan fingerprint density at radius 1 is 1.22 bits per heavy atom. The van der Waals surface area contributed by atoms with E-state index in [2.05, 4.69) is 30.2 Å². The zero-order chi connectivity index (χ0) is 16.5. The summed E-state index contributed by atoms with van der Waals surface area (Å²) >= 11 is 0. The number of nitrogens with zero attached hydrogens (tertiary/aromatic N) is 2. The molecule has 0 aliphatic rings. The molecule has 0 bridgehead atoms. The lowest BCUT2D eigenvalue weighted by Crippen LogP contribution is -2.39. The van der Waals surface area contributed by atoms with Crippen LogP contribution in [0.15, 0.2) is 48.8 Å². The summed E-state index contributed by atoms with van der Waals surface area (Å²) in [5.74, 6) is 0. The van der Waals surface area contributed by atoms with Crippen molar-refractivity contribution in [2.24, 2.45) is 0 Å². The standard InChI is InChI=1S/C19H25N3O/c1-3-4-12-22(15-17-9-7-11-20-13-17)19(23)21-14-18-10-6-5-8-16(18)2/h5-11,13H,3-4,12,14-15H2,1-2H3,(H,21,23). The lowest BCUT2D eigenvalue weighted by atomic mass is 10.1. The predicted octanol–water partition coefficient (Wildman–Crippen LogP) is 3.90. The summed E-state index contributed by atoms with van der Waals surface area (Å²) in [5.41, 5.74) is 3.40. The highest BCUT2D eigenvalue weighted by molar-refractivity contribution is 5.74. The zero-order valence-corrected chi connectivity index (χ0v) is 14.0. The Morgan fingerprint density at radius 3 is 2.74 bits per heavy atom. The fraction of sp³-hybridized carbons (Fsp3) is 0.368. The smallest absolute Gasteiger partial charge is 0.317 e. The van der Waals surface area contributed by atoms with Crippen molar-refractivity contribution in [3.05, 3.63) is 65.5 Å². The van der Waals surface area contributed by atoms with Crippen LogP contribution in [0.25, 0.3) is 0 Å². The Balaban J connectivity index is 1.97. The van der Waals surface area contributed by atoms with Gasteiger partial charge in [0, 0.05) is 32.0 Å². The van der Waals surface area contributed by atoms with Crippen LogP contribution >= 0.6 is 0 Å². The average molecular weight is 311 g/mol. The summed E-state index contributed by atoms with van der Waals surface area (Å²) in [6.45, 7) is 6.10. The molecule has 2 rings (SSSR count). The van der Waals surface area contributed by atoms with E-state index in [0.29, 0.717) is 13.1 Å². The first kappa shape index (κ1) is 17.0. The number of carbonyl (C=O) groups excluding carboxylic acids is 1. The largest absolute Gasteiger partial charge is 0.334 e.